The highest BCUT2D eigenvalue weighted by Crippen LogP contribution is 2.34. The molecule has 0 aliphatic heterocycles. The highest BCUT2D eigenvalue weighted by atomic mass is 32.2. The van der Waals surface area contributed by atoms with Crippen LogP contribution >= 0.6 is 11.3 Å². The fourth-order valence-electron chi connectivity index (χ4n) is 5.58. The number of nitrogens with zero attached hydrogens (tertiary/aromatic N) is 1. The predicted molar refractivity (Wildman–Crippen MR) is 154 cm³/mol. The summed E-state index contributed by atoms with van der Waals surface area (Å²) in [6.45, 7) is 0.779. The molecule has 40 heavy (non-hydrogen) atoms. The third-order valence-electron chi connectivity index (χ3n) is 7.60. The van der Waals surface area contributed by atoms with Gasteiger partial charge in [-0.05, 0) is 36.8 Å². The molecule has 1 N–H and O–H groups in total. The number of benzene rings is 1. The van der Waals surface area contributed by atoms with Gasteiger partial charge >= 0.3 is 0 Å². The van der Waals surface area contributed by atoms with Crippen LogP contribution in [0.2, 0.25) is 0 Å². The Labute approximate surface area is 238 Å². The lowest BCUT2D eigenvalue weighted by molar-refractivity contribution is -0.122. The van der Waals surface area contributed by atoms with Gasteiger partial charge < -0.3 is 5.32 Å². The number of Topliss-reactive ketones (excluding diaryl/α,β-unsaturated/α-hetero) is 1. The van der Waals surface area contributed by atoms with Crippen molar-refractivity contribution in [3.05, 3.63) is 70.3 Å². The van der Waals surface area contributed by atoms with Crippen molar-refractivity contribution in [3.8, 4) is 0 Å². The molecule has 0 spiro atoms. The topological polar surface area (TPSA) is 93.2 Å². The van der Waals surface area contributed by atoms with Crippen molar-refractivity contribution in [2.45, 2.75) is 76.4 Å². The minimum Gasteiger partial charge on any atom is -0.301 e. The molecule has 4 rings (SSSR count). The van der Waals surface area contributed by atoms with Crippen molar-refractivity contribution in [1.82, 2.24) is 4.98 Å². The van der Waals surface area contributed by atoms with Gasteiger partial charge in [-0.3, -0.25) is 9.59 Å². The van der Waals surface area contributed by atoms with Crippen molar-refractivity contribution in [2.24, 2.45) is 11.8 Å². The van der Waals surface area contributed by atoms with Gasteiger partial charge in [0, 0.05) is 36.1 Å². The summed E-state index contributed by atoms with van der Waals surface area (Å²) in [4.78, 5) is 30.9. The SMILES string of the molecule is CC(F)(F)c1cccc(CS(=O)(=O)CC2=CCC(=O)/C([C@@H](CC3CCCCC3)C(=O)Nc3nccs3)=C\CC2)c1. The number of sulfone groups is 1. The Kier molecular flexibility index (Phi) is 10.1. The molecule has 1 aromatic carbocycles. The van der Waals surface area contributed by atoms with Gasteiger partial charge in [0.2, 0.25) is 5.91 Å². The second-order valence-corrected chi connectivity index (χ2v) is 13.9. The second kappa shape index (κ2) is 13.3. The molecular formula is C30H36F2N2O4S2. The molecule has 2 aliphatic rings. The molecule has 10 heteroatoms. The number of hydrogen-bond acceptors (Lipinski definition) is 6. The molecule has 2 aliphatic carbocycles. The first kappa shape index (κ1) is 30.2. The molecule has 2 aromatic rings. The van der Waals surface area contributed by atoms with E-state index < -0.39 is 21.7 Å². The maximum atomic E-state index is 13.7. The van der Waals surface area contributed by atoms with Crippen molar-refractivity contribution >= 4 is 38.0 Å². The number of thiazole rings is 1. The van der Waals surface area contributed by atoms with E-state index in [4.69, 9.17) is 0 Å². The van der Waals surface area contributed by atoms with Crippen LogP contribution in [0.15, 0.2) is 59.1 Å². The maximum absolute atomic E-state index is 13.7. The van der Waals surface area contributed by atoms with Gasteiger partial charge in [-0.25, -0.2) is 22.2 Å². The average molecular weight is 591 g/mol. The van der Waals surface area contributed by atoms with Crippen LogP contribution in [0.1, 0.15) is 75.8 Å². The zero-order valence-electron chi connectivity index (χ0n) is 22.7. The molecule has 0 radical (unpaired) electrons. The van der Waals surface area contributed by atoms with Crippen LogP contribution in [-0.4, -0.2) is 30.8 Å². The highest BCUT2D eigenvalue weighted by Gasteiger charge is 2.32. The molecule has 0 unspecified atom stereocenters. The first-order valence-corrected chi connectivity index (χ1v) is 16.5. The Morgan fingerprint density at radius 3 is 2.65 bits per heavy atom. The van der Waals surface area contributed by atoms with Crippen molar-refractivity contribution in [2.75, 3.05) is 11.1 Å². The lowest BCUT2D eigenvalue weighted by atomic mass is 9.78. The van der Waals surface area contributed by atoms with Gasteiger partial charge in [0.05, 0.1) is 17.4 Å². The highest BCUT2D eigenvalue weighted by molar-refractivity contribution is 7.90. The number of ketones is 1. The molecule has 0 bridgehead atoms. The van der Waals surface area contributed by atoms with E-state index in [0.29, 0.717) is 47.0 Å². The third-order valence-corrected chi connectivity index (χ3v) is 9.87. The molecule has 1 fully saturated rings. The summed E-state index contributed by atoms with van der Waals surface area (Å²) >= 11 is 1.33. The molecule has 1 atom stereocenters. The van der Waals surface area contributed by atoms with Crippen LogP contribution in [0.5, 0.6) is 0 Å². The van der Waals surface area contributed by atoms with Crippen molar-refractivity contribution in [3.63, 3.8) is 0 Å². The van der Waals surface area contributed by atoms with Crippen LogP contribution in [-0.2, 0) is 31.1 Å². The molecular weight excluding hydrogens is 554 g/mol. The molecule has 1 heterocycles. The summed E-state index contributed by atoms with van der Waals surface area (Å²) in [5.41, 5.74) is 1.20. The van der Waals surface area contributed by atoms with E-state index in [-0.39, 0.29) is 35.2 Å². The Hall–Kier alpha value is -2.72. The number of amides is 1. The lowest BCUT2D eigenvalue weighted by Gasteiger charge is -2.27. The Morgan fingerprint density at radius 1 is 1.18 bits per heavy atom. The number of halogens is 2. The smallest absolute Gasteiger partial charge is 0.270 e. The van der Waals surface area contributed by atoms with Crippen LogP contribution in [0.4, 0.5) is 13.9 Å². The largest absolute Gasteiger partial charge is 0.301 e. The van der Waals surface area contributed by atoms with E-state index >= 15 is 0 Å². The molecule has 1 saturated carbocycles. The van der Waals surface area contributed by atoms with Gasteiger partial charge in [0.25, 0.3) is 5.92 Å². The zero-order chi connectivity index (χ0) is 28.8. The fraction of sp³-hybridized carbons (Fsp3) is 0.500. The van der Waals surface area contributed by atoms with E-state index in [9.17, 15) is 26.8 Å². The standard InChI is InChI=1S/C30H36F2N2O4S2/c1-30(31,32)24-11-5-10-23(17-24)20-40(37,38)19-22-9-6-12-25(27(35)14-13-22)26(18-21-7-3-2-4-8-21)28(36)34-29-33-15-16-39-29/h5,10-13,15-17,21,26H,2-4,6-9,14,18-20H2,1H3,(H,33,34,36)/b22-13?,25-12-/t26-/m1/s1. The molecule has 1 amide bonds. The Morgan fingerprint density at radius 2 is 1.95 bits per heavy atom. The number of allylic oxidation sites excluding steroid dienone is 2. The molecule has 1 aromatic heterocycles. The lowest BCUT2D eigenvalue weighted by Crippen LogP contribution is -2.30. The third kappa shape index (κ3) is 8.64. The monoisotopic (exact) mass is 590 g/mol. The molecule has 6 nitrogen and oxygen atoms in total. The quantitative estimate of drug-likeness (QED) is 0.301. The van der Waals surface area contributed by atoms with Gasteiger partial charge in [0.1, 0.15) is 0 Å². The number of nitrogens with one attached hydrogen (secondary N) is 1. The number of rotatable bonds is 10. The summed E-state index contributed by atoms with van der Waals surface area (Å²) in [6, 6.07) is 5.47. The number of hydrogen-bond donors (Lipinski definition) is 1. The van der Waals surface area contributed by atoms with Crippen LogP contribution in [0.3, 0.4) is 0 Å². The average Bonchev–Trinajstić information content (AvgIpc) is 3.40. The zero-order valence-corrected chi connectivity index (χ0v) is 24.3. The number of alkyl halides is 2. The Balaban J connectivity index is 1.45. The summed E-state index contributed by atoms with van der Waals surface area (Å²) in [5, 5.41) is 5.15. The number of anilines is 1. The van der Waals surface area contributed by atoms with Gasteiger partial charge in [0.15, 0.2) is 20.8 Å². The number of carbonyl (C=O) groups excluding carboxylic acids is 2. The summed E-state index contributed by atoms with van der Waals surface area (Å²) in [5.74, 6) is -4.27. The summed E-state index contributed by atoms with van der Waals surface area (Å²) in [6.07, 6.45) is 12.1. The van der Waals surface area contributed by atoms with Crippen molar-refractivity contribution < 1.29 is 26.8 Å². The minimum atomic E-state index is -3.65. The van der Waals surface area contributed by atoms with E-state index in [0.717, 1.165) is 32.6 Å². The van der Waals surface area contributed by atoms with E-state index in [1.165, 1.54) is 42.0 Å². The van der Waals surface area contributed by atoms with Crippen LogP contribution in [0, 0.1) is 11.8 Å². The van der Waals surface area contributed by atoms with E-state index in [1.807, 2.05) is 6.08 Å². The van der Waals surface area contributed by atoms with Crippen LogP contribution in [0.25, 0.3) is 0 Å². The first-order chi connectivity index (χ1) is 19.0. The first-order valence-electron chi connectivity index (χ1n) is 13.8. The van der Waals surface area contributed by atoms with Gasteiger partial charge in [-0.15, -0.1) is 11.3 Å². The van der Waals surface area contributed by atoms with Crippen molar-refractivity contribution in [1.29, 1.82) is 0 Å². The second-order valence-electron chi connectivity index (χ2n) is 10.9. The summed E-state index contributed by atoms with van der Waals surface area (Å²) < 4.78 is 53.3. The van der Waals surface area contributed by atoms with E-state index in [1.54, 1.807) is 17.7 Å². The van der Waals surface area contributed by atoms with Gasteiger partial charge in [-0.1, -0.05) is 68.0 Å². The predicted octanol–water partition coefficient (Wildman–Crippen LogP) is 7.00. The summed E-state index contributed by atoms with van der Waals surface area (Å²) in [7, 11) is -3.65. The maximum Gasteiger partial charge on any atom is 0.270 e. The molecule has 0 saturated heterocycles. The van der Waals surface area contributed by atoms with Crippen LogP contribution < -0.4 is 5.32 Å². The fourth-order valence-corrected chi connectivity index (χ4v) is 7.73. The normalized spacial score (nSPS) is 19.6. The minimum absolute atomic E-state index is 0.0138. The van der Waals surface area contributed by atoms with E-state index in [2.05, 4.69) is 10.3 Å². The Bertz CT molecular complexity index is 1360. The number of aromatic nitrogens is 1. The number of carbonyl (C=O) groups is 2. The molecule has 216 valence electrons. The van der Waals surface area contributed by atoms with Gasteiger partial charge in [-0.2, -0.15) is 0 Å².